The molecule has 2 heteroatoms. The lowest BCUT2D eigenvalue weighted by Crippen LogP contribution is -2.02. The first-order valence-electron chi connectivity index (χ1n) is 6.65. The molecule has 2 aromatic carbocycles. The zero-order chi connectivity index (χ0) is 13.1. The van der Waals surface area contributed by atoms with Crippen LogP contribution in [0.4, 0.5) is 0 Å². The Kier molecular flexibility index (Phi) is 3.32. The average Bonchev–Trinajstić information content (AvgIpc) is 3.30. The summed E-state index contributed by atoms with van der Waals surface area (Å²) in [5, 5.41) is 0. The first-order valence-corrected chi connectivity index (χ1v) is 6.65. The minimum atomic E-state index is 0.0503. The maximum atomic E-state index is 12.2. The third-order valence-corrected chi connectivity index (χ3v) is 3.34. The van der Waals surface area contributed by atoms with Crippen LogP contribution in [0.2, 0.25) is 0 Å². The smallest absolute Gasteiger partial charge is 0.193 e. The molecule has 0 atom stereocenters. The van der Waals surface area contributed by atoms with Crippen molar-refractivity contribution >= 4 is 5.78 Å². The summed E-state index contributed by atoms with van der Waals surface area (Å²) in [5.41, 5.74) is 1.42. The Morgan fingerprint density at radius 2 is 1.58 bits per heavy atom. The van der Waals surface area contributed by atoms with Gasteiger partial charge in [-0.2, -0.15) is 0 Å². The van der Waals surface area contributed by atoms with E-state index in [2.05, 4.69) is 0 Å². The van der Waals surface area contributed by atoms with E-state index in [9.17, 15) is 4.79 Å². The number of carbonyl (C=O) groups excluding carboxylic acids is 1. The van der Waals surface area contributed by atoms with E-state index in [1.807, 2.05) is 54.6 Å². The number of hydrogen-bond acceptors (Lipinski definition) is 2. The molecular formula is C17H16O2. The summed E-state index contributed by atoms with van der Waals surface area (Å²) in [5.74, 6) is 1.64. The first-order chi connectivity index (χ1) is 9.33. The number of ketones is 1. The van der Waals surface area contributed by atoms with Gasteiger partial charge in [0.15, 0.2) is 5.78 Å². The summed E-state index contributed by atoms with van der Waals surface area (Å²) in [6.07, 6.45) is 2.56. The van der Waals surface area contributed by atoms with Gasteiger partial charge in [0.05, 0.1) is 6.61 Å². The molecule has 3 rings (SSSR count). The van der Waals surface area contributed by atoms with E-state index < -0.39 is 0 Å². The highest BCUT2D eigenvalue weighted by Gasteiger charge is 2.21. The van der Waals surface area contributed by atoms with Crippen LogP contribution < -0.4 is 4.74 Å². The maximum Gasteiger partial charge on any atom is 0.193 e. The standard InChI is InChI=1S/C17H16O2/c18-17(14-4-2-1-3-5-14)15-8-10-16(11-9-15)19-12-13-6-7-13/h1-5,8-11,13H,6-7,12H2. The highest BCUT2D eigenvalue weighted by molar-refractivity contribution is 6.08. The summed E-state index contributed by atoms with van der Waals surface area (Å²) < 4.78 is 5.66. The third kappa shape index (κ3) is 3.02. The van der Waals surface area contributed by atoms with Crippen LogP contribution in [0.15, 0.2) is 54.6 Å². The molecule has 2 nitrogen and oxygen atoms in total. The number of benzene rings is 2. The minimum Gasteiger partial charge on any atom is -0.493 e. The summed E-state index contributed by atoms with van der Waals surface area (Å²) in [6, 6.07) is 16.7. The SMILES string of the molecule is O=C(c1ccccc1)c1ccc(OCC2CC2)cc1. The summed E-state index contributed by atoms with van der Waals surface area (Å²) in [4.78, 5) is 12.2. The Labute approximate surface area is 113 Å². The number of rotatable bonds is 5. The van der Waals surface area contributed by atoms with Gasteiger partial charge in [-0.1, -0.05) is 30.3 Å². The average molecular weight is 252 g/mol. The summed E-state index contributed by atoms with van der Waals surface area (Å²) in [6.45, 7) is 0.798. The number of hydrogen-bond donors (Lipinski definition) is 0. The van der Waals surface area contributed by atoms with Crippen molar-refractivity contribution in [2.45, 2.75) is 12.8 Å². The molecule has 2 aromatic rings. The van der Waals surface area contributed by atoms with E-state index in [1.54, 1.807) is 0 Å². The zero-order valence-electron chi connectivity index (χ0n) is 10.7. The van der Waals surface area contributed by atoms with Crippen molar-refractivity contribution in [2.24, 2.45) is 5.92 Å². The fourth-order valence-corrected chi connectivity index (χ4v) is 1.96. The maximum absolute atomic E-state index is 12.2. The van der Waals surface area contributed by atoms with Crippen molar-refractivity contribution in [2.75, 3.05) is 6.61 Å². The molecule has 1 fully saturated rings. The van der Waals surface area contributed by atoms with Crippen LogP contribution in [0.5, 0.6) is 5.75 Å². The minimum absolute atomic E-state index is 0.0503. The molecule has 0 aliphatic heterocycles. The predicted molar refractivity (Wildman–Crippen MR) is 74.5 cm³/mol. The molecule has 0 amide bonds. The Morgan fingerprint density at radius 1 is 0.947 bits per heavy atom. The summed E-state index contributed by atoms with van der Waals surface area (Å²) in [7, 11) is 0. The van der Waals surface area contributed by atoms with Crippen molar-refractivity contribution in [1.82, 2.24) is 0 Å². The van der Waals surface area contributed by atoms with Gasteiger partial charge in [0, 0.05) is 11.1 Å². The van der Waals surface area contributed by atoms with Crippen LogP contribution in [0.1, 0.15) is 28.8 Å². The van der Waals surface area contributed by atoms with E-state index in [0.29, 0.717) is 11.1 Å². The van der Waals surface area contributed by atoms with Gasteiger partial charge in [-0.3, -0.25) is 4.79 Å². The van der Waals surface area contributed by atoms with Crippen LogP contribution in [0, 0.1) is 5.92 Å². The van der Waals surface area contributed by atoms with Gasteiger partial charge in [0.25, 0.3) is 0 Å². The lowest BCUT2D eigenvalue weighted by molar-refractivity contribution is 0.103. The second-order valence-corrected chi connectivity index (χ2v) is 4.97. The predicted octanol–water partition coefficient (Wildman–Crippen LogP) is 3.71. The number of ether oxygens (including phenoxy) is 1. The molecule has 1 saturated carbocycles. The van der Waals surface area contributed by atoms with Crippen molar-refractivity contribution in [3.8, 4) is 5.75 Å². The molecule has 0 radical (unpaired) electrons. The molecule has 0 unspecified atom stereocenters. The molecule has 19 heavy (non-hydrogen) atoms. The Bertz CT molecular complexity index is 554. The van der Waals surface area contributed by atoms with Gasteiger partial charge >= 0.3 is 0 Å². The second kappa shape index (κ2) is 5.27. The van der Waals surface area contributed by atoms with Crippen molar-refractivity contribution < 1.29 is 9.53 Å². The Balaban J connectivity index is 1.69. The van der Waals surface area contributed by atoms with Gasteiger partial charge in [-0.25, -0.2) is 0 Å². The van der Waals surface area contributed by atoms with Crippen LogP contribution in [0.3, 0.4) is 0 Å². The molecular weight excluding hydrogens is 236 g/mol. The highest BCUT2D eigenvalue weighted by Crippen LogP contribution is 2.29. The molecule has 96 valence electrons. The fourth-order valence-electron chi connectivity index (χ4n) is 1.96. The highest BCUT2D eigenvalue weighted by atomic mass is 16.5. The van der Waals surface area contributed by atoms with Crippen LogP contribution in [-0.2, 0) is 0 Å². The monoisotopic (exact) mass is 252 g/mol. The van der Waals surface area contributed by atoms with Gasteiger partial charge in [-0.05, 0) is 43.0 Å². The van der Waals surface area contributed by atoms with Gasteiger partial charge in [0.1, 0.15) is 5.75 Å². The fraction of sp³-hybridized carbons (Fsp3) is 0.235. The van der Waals surface area contributed by atoms with E-state index in [4.69, 9.17) is 4.74 Å². The lowest BCUT2D eigenvalue weighted by Gasteiger charge is -2.06. The Hall–Kier alpha value is -2.09. The van der Waals surface area contributed by atoms with Crippen LogP contribution in [-0.4, -0.2) is 12.4 Å². The van der Waals surface area contributed by atoms with Crippen molar-refractivity contribution in [3.63, 3.8) is 0 Å². The molecule has 0 saturated heterocycles. The molecule has 0 bridgehead atoms. The van der Waals surface area contributed by atoms with Gasteiger partial charge < -0.3 is 4.74 Å². The van der Waals surface area contributed by atoms with Gasteiger partial charge in [0.2, 0.25) is 0 Å². The molecule has 0 N–H and O–H groups in total. The zero-order valence-corrected chi connectivity index (χ0v) is 10.7. The number of carbonyl (C=O) groups is 1. The van der Waals surface area contributed by atoms with Gasteiger partial charge in [-0.15, -0.1) is 0 Å². The van der Waals surface area contributed by atoms with Crippen molar-refractivity contribution in [3.05, 3.63) is 65.7 Å². The van der Waals surface area contributed by atoms with Crippen LogP contribution in [0.25, 0.3) is 0 Å². The third-order valence-electron chi connectivity index (χ3n) is 3.34. The van der Waals surface area contributed by atoms with Crippen LogP contribution >= 0.6 is 0 Å². The summed E-state index contributed by atoms with van der Waals surface area (Å²) >= 11 is 0. The second-order valence-electron chi connectivity index (χ2n) is 4.97. The molecule has 1 aliphatic rings. The normalized spacial score (nSPS) is 14.1. The quantitative estimate of drug-likeness (QED) is 0.758. The van der Waals surface area contributed by atoms with E-state index in [0.717, 1.165) is 18.3 Å². The van der Waals surface area contributed by atoms with E-state index >= 15 is 0 Å². The lowest BCUT2D eigenvalue weighted by atomic mass is 10.0. The van der Waals surface area contributed by atoms with E-state index in [1.165, 1.54) is 12.8 Å². The Morgan fingerprint density at radius 3 is 2.21 bits per heavy atom. The molecule has 0 aromatic heterocycles. The molecule has 0 heterocycles. The topological polar surface area (TPSA) is 26.3 Å². The first kappa shape index (κ1) is 12.0. The van der Waals surface area contributed by atoms with Crippen molar-refractivity contribution in [1.29, 1.82) is 0 Å². The molecule has 1 aliphatic carbocycles. The molecule has 0 spiro atoms. The van der Waals surface area contributed by atoms with E-state index in [-0.39, 0.29) is 5.78 Å². The largest absolute Gasteiger partial charge is 0.493 e.